The number of alkyl halides is 5. The molecule has 1 aromatic heterocycles. The fourth-order valence-corrected chi connectivity index (χ4v) is 2.99. The molecule has 2 atom stereocenters. The maximum atomic E-state index is 14.6. The number of amides is 2. The van der Waals surface area contributed by atoms with Crippen LogP contribution in [0.3, 0.4) is 0 Å². The summed E-state index contributed by atoms with van der Waals surface area (Å²) in [6, 6.07) is 0.249. The third-order valence-electron chi connectivity index (χ3n) is 3.94. The Balaban J connectivity index is 2.28. The van der Waals surface area contributed by atoms with E-state index in [2.05, 4.69) is 26.2 Å². The van der Waals surface area contributed by atoms with E-state index in [1.54, 1.807) is 20.8 Å². The van der Waals surface area contributed by atoms with Crippen LogP contribution >= 0.6 is 15.9 Å². The minimum atomic E-state index is -4.75. The summed E-state index contributed by atoms with van der Waals surface area (Å²) in [5.41, 5.74) is -4.69. The van der Waals surface area contributed by atoms with E-state index in [1.807, 2.05) is 0 Å². The molecule has 1 saturated heterocycles. The van der Waals surface area contributed by atoms with Crippen LogP contribution in [-0.4, -0.2) is 52.4 Å². The molecule has 0 saturated carbocycles. The zero-order chi connectivity index (χ0) is 22.2. The fraction of sp³-hybridized carbons (Fsp3) is 0.588. The minimum absolute atomic E-state index is 0.0395. The van der Waals surface area contributed by atoms with Crippen LogP contribution in [0.4, 0.5) is 32.6 Å². The number of nitrogens with zero attached hydrogens (tertiary/aromatic N) is 2. The molecule has 1 fully saturated rings. The van der Waals surface area contributed by atoms with Crippen molar-refractivity contribution in [3.8, 4) is 0 Å². The summed E-state index contributed by atoms with van der Waals surface area (Å²) in [7, 11) is 0. The van der Waals surface area contributed by atoms with Crippen LogP contribution in [0.25, 0.3) is 0 Å². The lowest BCUT2D eigenvalue weighted by atomic mass is 10.0. The van der Waals surface area contributed by atoms with Crippen LogP contribution in [0.1, 0.15) is 32.9 Å². The van der Waals surface area contributed by atoms with E-state index in [-0.39, 0.29) is 4.47 Å². The number of hydrogen-bond donors (Lipinski definition) is 1. The van der Waals surface area contributed by atoms with Crippen molar-refractivity contribution in [3.05, 3.63) is 22.3 Å². The second-order valence-corrected chi connectivity index (χ2v) is 8.48. The molecule has 29 heavy (non-hydrogen) atoms. The average Bonchev–Trinajstić information content (AvgIpc) is 2.93. The van der Waals surface area contributed by atoms with Crippen LogP contribution in [0.2, 0.25) is 0 Å². The van der Waals surface area contributed by atoms with Gasteiger partial charge in [-0.2, -0.15) is 13.2 Å². The van der Waals surface area contributed by atoms with Crippen molar-refractivity contribution in [2.24, 2.45) is 0 Å². The van der Waals surface area contributed by atoms with Gasteiger partial charge in [0, 0.05) is 6.42 Å². The van der Waals surface area contributed by atoms with E-state index in [0.717, 1.165) is 11.0 Å². The number of nitrogens with one attached hydrogen (secondary N) is 1. The quantitative estimate of drug-likeness (QED) is 0.637. The molecular weight excluding hydrogens is 469 g/mol. The van der Waals surface area contributed by atoms with Crippen molar-refractivity contribution in [1.29, 1.82) is 0 Å². The SMILES string of the molecule is CC(C)(C)OC(=O)N1C[C@@](F)(CF)CC1C(=O)Nc1nc(C(F)(F)F)ccc1Br. The Morgan fingerprint density at radius 1 is 1.34 bits per heavy atom. The van der Waals surface area contributed by atoms with Gasteiger partial charge in [-0.25, -0.2) is 18.6 Å². The van der Waals surface area contributed by atoms with Gasteiger partial charge in [-0.3, -0.25) is 9.69 Å². The second-order valence-electron chi connectivity index (χ2n) is 7.63. The smallest absolute Gasteiger partial charge is 0.433 e. The third-order valence-corrected chi connectivity index (χ3v) is 4.58. The standard InChI is InChI=1S/C17H19BrF5N3O3/c1-15(2,3)29-14(28)26-8-16(20,7-19)6-10(26)13(27)25-12-9(18)4-5-11(24-12)17(21,22)23/h4-5,10H,6-8H2,1-3H3,(H,24,25,27)/t10?,16-/m0/s1. The van der Waals surface area contributed by atoms with Crippen molar-refractivity contribution in [2.75, 3.05) is 18.5 Å². The zero-order valence-corrected chi connectivity index (χ0v) is 17.3. The lowest BCUT2D eigenvalue weighted by molar-refractivity contribution is -0.141. The number of hydrogen-bond acceptors (Lipinski definition) is 4. The highest BCUT2D eigenvalue weighted by Crippen LogP contribution is 2.35. The molecule has 1 unspecified atom stereocenters. The van der Waals surface area contributed by atoms with Crippen LogP contribution in [-0.2, 0) is 15.7 Å². The number of carbonyl (C=O) groups excluding carboxylic acids is 2. The number of halogens is 6. The Kier molecular flexibility index (Phi) is 6.46. The van der Waals surface area contributed by atoms with Crippen molar-refractivity contribution in [1.82, 2.24) is 9.88 Å². The van der Waals surface area contributed by atoms with Gasteiger partial charge in [-0.1, -0.05) is 0 Å². The highest BCUT2D eigenvalue weighted by Gasteiger charge is 2.51. The van der Waals surface area contributed by atoms with Crippen LogP contribution in [0.15, 0.2) is 16.6 Å². The van der Waals surface area contributed by atoms with Gasteiger partial charge in [0.2, 0.25) is 5.91 Å². The molecule has 1 N–H and O–H groups in total. The summed E-state index contributed by atoms with van der Waals surface area (Å²) >= 11 is 2.97. The first kappa shape index (κ1) is 23.3. The Bertz CT molecular complexity index is 799. The van der Waals surface area contributed by atoms with E-state index in [1.165, 1.54) is 0 Å². The van der Waals surface area contributed by atoms with Crippen LogP contribution in [0.5, 0.6) is 0 Å². The molecule has 0 bridgehead atoms. The minimum Gasteiger partial charge on any atom is -0.444 e. The maximum absolute atomic E-state index is 14.6. The number of likely N-dealkylation sites (tertiary alicyclic amines) is 1. The first-order valence-electron chi connectivity index (χ1n) is 8.44. The topological polar surface area (TPSA) is 71.5 Å². The Hall–Kier alpha value is -1.98. The predicted octanol–water partition coefficient (Wildman–Crippen LogP) is 4.49. The summed E-state index contributed by atoms with van der Waals surface area (Å²) in [5.74, 6) is -1.48. The molecule has 0 aromatic carbocycles. The van der Waals surface area contributed by atoms with Gasteiger partial charge in [-0.15, -0.1) is 0 Å². The number of aromatic nitrogens is 1. The summed E-state index contributed by atoms with van der Waals surface area (Å²) in [6.07, 6.45) is -6.47. The molecule has 2 amide bonds. The fourth-order valence-electron chi connectivity index (χ4n) is 2.67. The highest BCUT2D eigenvalue weighted by molar-refractivity contribution is 9.10. The van der Waals surface area contributed by atoms with Crippen molar-refractivity contribution < 1.29 is 36.3 Å². The second kappa shape index (κ2) is 8.04. The van der Waals surface area contributed by atoms with Gasteiger partial charge in [0.15, 0.2) is 5.67 Å². The van der Waals surface area contributed by atoms with Crippen molar-refractivity contribution in [2.45, 2.75) is 50.7 Å². The zero-order valence-electron chi connectivity index (χ0n) is 15.7. The number of carbonyl (C=O) groups is 2. The van der Waals surface area contributed by atoms with Gasteiger partial charge < -0.3 is 10.1 Å². The Labute approximate surface area is 171 Å². The molecular formula is C17H19BrF5N3O3. The van der Waals surface area contributed by atoms with E-state index < -0.39 is 66.6 Å². The summed E-state index contributed by atoms with van der Waals surface area (Å²) in [6.45, 7) is 2.49. The molecule has 2 rings (SSSR count). The van der Waals surface area contributed by atoms with Crippen LogP contribution < -0.4 is 5.32 Å². The molecule has 6 nitrogen and oxygen atoms in total. The molecule has 2 heterocycles. The molecule has 162 valence electrons. The number of anilines is 1. The largest absolute Gasteiger partial charge is 0.444 e. The molecule has 1 aliphatic heterocycles. The highest BCUT2D eigenvalue weighted by atomic mass is 79.9. The third kappa shape index (κ3) is 5.77. The summed E-state index contributed by atoms with van der Waals surface area (Å²) < 4.78 is 71.4. The average molecular weight is 488 g/mol. The van der Waals surface area contributed by atoms with Crippen LogP contribution in [0, 0.1) is 0 Å². The van der Waals surface area contributed by atoms with Gasteiger partial charge >= 0.3 is 12.3 Å². The molecule has 0 spiro atoms. The Morgan fingerprint density at radius 2 is 1.97 bits per heavy atom. The lowest BCUT2D eigenvalue weighted by Crippen LogP contribution is -2.45. The van der Waals surface area contributed by atoms with Crippen molar-refractivity contribution in [3.63, 3.8) is 0 Å². The summed E-state index contributed by atoms with van der Waals surface area (Å²) in [4.78, 5) is 29.0. The van der Waals surface area contributed by atoms with Gasteiger partial charge in [0.1, 0.15) is 29.8 Å². The van der Waals surface area contributed by atoms with Gasteiger partial charge in [0.05, 0.1) is 11.0 Å². The maximum Gasteiger partial charge on any atom is 0.433 e. The van der Waals surface area contributed by atoms with Crippen molar-refractivity contribution >= 4 is 33.7 Å². The molecule has 12 heteroatoms. The lowest BCUT2D eigenvalue weighted by Gasteiger charge is -2.28. The predicted molar refractivity (Wildman–Crippen MR) is 96.7 cm³/mol. The first-order chi connectivity index (χ1) is 13.1. The Morgan fingerprint density at radius 3 is 2.48 bits per heavy atom. The monoisotopic (exact) mass is 487 g/mol. The molecule has 0 radical (unpaired) electrons. The van der Waals surface area contributed by atoms with Gasteiger partial charge in [0.25, 0.3) is 0 Å². The molecule has 1 aromatic rings. The number of pyridine rings is 1. The normalized spacial score (nSPS) is 22.5. The molecule has 0 aliphatic carbocycles. The van der Waals surface area contributed by atoms with E-state index in [9.17, 15) is 31.5 Å². The first-order valence-corrected chi connectivity index (χ1v) is 9.24. The van der Waals surface area contributed by atoms with E-state index >= 15 is 0 Å². The number of rotatable bonds is 3. The van der Waals surface area contributed by atoms with Gasteiger partial charge in [-0.05, 0) is 48.8 Å². The summed E-state index contributed by atoms with van der Waals surface area (Å²) in [5, 5.41) is 2.14. The molecule has 1 aliphatic rings. The van der Waals surface area contributed by atoms with E-state index in [0.29, 0.717) is 6.07 Å². The van der Waals surface area contributed by atoms with E-state index in [4.69, 9.17) is 4.74 Å². The number of ether oxygens (including phenoxy) is 1.